The van der Waals surface area contributed by atoms with Crippen LogP contribution in [0.15, 0.2) is 75.5 Å². The van der Waals surface area contributed by atoms with E-state index in [0.717, 1.165) is 29.7 Å². The van der Waals surface area contributed by atoms with E-state index in [0.29, 0.717) is 28.0 Å². The summed E-state index contributed by atoms with van der Waals surface area (Å²) in [6, 6.07) is 13.2. The largest absolute Gasteiger partial charge is 0.463 e. The second-order valence-corrected chi connectivity index (χ2v) is 8.23. The molecule has 7 heteroatoms. The van der Waals surface area contributed by atoms with Gasteiger partial charge in [0.2, 0.25) is 0 Å². The highest BCUT2D eigenvalue weighted by Gasteiger charge is 2.17. The summed E-state index contributed by atoms with van der Waals surface area (Å²) in [5.74, 6) is 1.28. The fraction of sp³-hybridized carbons (Fsp3) is 0.240. The molecule has 2 N–H and O–H groups in total. The summed E-state index contributed by atoms with van der Waals surface area (Å²) < 4.78 is 11.2. The zero-order valence-electron chi connectivity index (χ0n) is 17.6. The van der Waals surface area contributed by atoms with Crippen molar-refractivity contribution < 1.29 is 8.83 Å². The first kappa shape index (κ1) is 20.5. The summed E-state index contributed by atoms with van der Waals surface area (Å²) in [6.45, 7) is 0.834. The third kappa shape index (κ3) is 4.57. The number of rotatable bonds is 6. The topological polar surface area (TPSA) is 76.1 Å². The zero-order valence-corrected chi connectivity index (χ0v) is 18.5. The average molecular weight is 445 g/mol. The predicted octanol–water partition coefficient (Wildman–Crippen LogP) is 6.33. The van der Waals surface area contributed by atoms with Gasteiger partial charge in [-0.25, -0.2) is 9.97 Å². The van der Waals surface area contributed by atoms with Gasteiger partial charge in [0.15, 0.2) is 16.6 Å². The second-order valence-electron chi connectivity index (χ2n) is 7.82. The van der Waals surface area contributed by atoms with E-state index in [1.807, 2.05) is 42.5 Å². The van der Waals surface area contributed by atoms with Crippen molar-refractivity contribution in [2.45, 2.75) is 32.1 Å². The number of furan rings is 2. The molecule has 5 rings (SSSR count). The van der Waals surface area contributed by atoms with Crippen molar-refractivity contribution in [2.75, 3.05) is 11.9 Å². The molecule has 1 aliphatic rings. The van der Waals surface area contributed by atoms with Crippen LogP contribution in [0.4, 0.5) is 5.69 Å². The molecule has 0 bridgehead atoms. The van der Waals surface area contributed by atoms with Gasteiger partial charge < -0.3 is 19.5 Å². The van der Waals surface area contributed by atoms with Crippen LogP contribution in [0.5, 0.6) is 0 Å². The van der Waals surface area contributed by atoms with Crippen molar-refractivity contribution in [3.63, 3.8) is 0 Å². The molecular weight excluding hydrogens is 420 g/mol. The van der Waals surface area contributed by atoms with Crippen molar-refractivity contribution in [2.24, 2.45) is 0 Å². The number of hydrogen-bond donors (Lipinski definition) is 2. The van der Waals surface area contributed by atoms with Crippen LogP contribution in [0, 0.1) is 0 Å². The smallest absolute Gasteiger partial charge is 0.170 e. The van der Waals surface area contributed by atoms with E-state index in [2.05, 4.69) is 16.7 Å². The fourth-order valence-electron chi connectivity index (χ4n) is 3.95. The summed E-state index contributed by atoms with van der Waals surface area (Å²) in [6.07, 6.45) is 11.7. The Bertz CT molecular complexity index is 1250. The van der Waals surface area contributed by atoms with Crippen molar-refractivity contribution in [1.29, 1.82) is 0 Å². The van der Waals surface area contributed by atoms with E-state index in [4.69, 9.17) is 31.0 Å². The molecule has 162 valence electrons. The Balaban J connectivity index is 1.35. The normalized spacial score (nSPS) is 13.7. The lowest BCUT2D eigenvalue weighted by atomic mass is 9.97. The Labute approximate surface area is 191 Å². The number of allylic oxidation sites excluding steroid dienone is 1. The molecule has 4 aromatic rings. The van der Waals surface area contributed by atoms with Gasteiger partial charge in [-0.1, -0.05) is 11.6 Å². The molecule has 0 saturated heterocycles. The molecule has 3 aromatic heterocycles. The quantitative estimate of drug-likeness (QED) is 0.266. The van der Waals surface area contributed by atoms with E-state index < -0.39 is 0 Å². The van der Waals surface area contributed by atoms with E-state index in [-0.39, 0.29) is 0 Å². The molecule has 0 radical (unpaired) electrons. The number of benzene rings is 1. The van der Waals surface area contributed by atoms with Gasteiger partial charge >= 0.3 is 0 Å². The molecule has 0 fully saturated rings. The highest BCUT2D eigenvalue weighted by Crippen LogP contribution is 2.32. The second kappa shape index (κ2) is 9.36. The van der Waals surface area contributed by atoms with Gasteiger partial charge in [0.05, 0.1) is 23.6 Å². The van der Waals surface area contributed by atoms with Crippen LogP contribution < -0.4 is 10.6 Å². The van der Waals surface area contributed by atoms with Crippen molar-refractivity contribution in [1.82, 2.24) is 15.3 Å². The molecule has 0 unspecified atom stereocenters. The summed E-state index contributed by atoms with van der Waals surface area (Å²) >= 11 is 5.49. The van der Waals surface area contributed by atoms with E-state index >= 15 is 0 Å². The van der Waals surface area contributed by atoms with E-state index in [1.54, 1.807) is 12.5 Å². The van der Waals surface area contributed by atoms with E-state index in [1.165, 1.54) is 31.3 Å². The molecule has 3 heterocycles. The summed E-state index contributed by atoms with van der Waals surface area (Å²) in [7, 11) is 0. The fourth-order valence-corrected chi connectivity index (χ4v) is 4.17. The molecule has 0 amide bonds. The van der Waals surface area contributed by atoms with Crippen LogP contribution in [-0.2, 0) is 0 Å². The van der Waals surface area contributed by atoms with Gasteiger partial charge in [0.25, 0.3) is 0 Å². The standard InChI is InChI=1S/C25H24N4O2S/c32-25(26-13-12-17-6-2-1-3-7-17)27-18-10-11-19-20(16-18)29-24(22-9-5-15-31-22)23(28-19)21-8-4-14-30-21/h4-6,8-11,14-16H,1-3,7,12-13H2,(H2,26,27,32). The summed E-state index contributed by atoms with van der Waals surface area (Å²) in [5, 5.41) is 7.17. The molecule has 6 nitrogen and oxygen atoms in total. The molecule has 1 aliphatic carbocycles. The molecule has 32 heavy (non-hydrogen) atoms. The van der Waals surface area contributed by atoms with Crippen LogP contribution >= 0.6 is 12.2 Å². The SMILES string of the molecule is S=C(NCCC1=CCCCC1)Nc1ccc2nc(-c3ccco3)c(-c3ccco3)nc2c1. The number of fused-ring (bicyclic) bond motifs is 1. The monoisotopic (exact) mass is 444 g/mol. The maximum atomic E-state index is 5.60. The summed E-state index contributed by atoms with van der Waals surface area (Å²) in [4.78, 5) is 9.63. The minimum Gasteiger partial charge on any atom is -0.463 e. The molecule has 0 atom stereocenters. The van der Waals surface area contributed by atoms with Gasteiger partial charge in [-0.15, -0.1) is 0 Å². The van der Waals surface area contributed by atoms with Crippen LogP contribution in [0.2, 0.25) is 0 Å². The Morgan fingerprint density at radius 1 is 0.938 bits per heavy atom. The number of nitrogens with zero attached hydrogens (tertiary/aromatic N) is 2. The molecular formula is C25H24N4O2S. The van der Waals surface area contributed by atoms with Crippen LogP contribution in [-0.4, -0.2) is 21.6 Å². The molecule has 0 saturated carbocycles. The highest BCUT2D eigenvalue weighted by molar-refractivity contribution is 7.80. The van der Waals surface area contributed by atoms with Gasteiger partial charge in [0, 0.05) is 12.2 Å². The van der Waals surface area contributed by atoms with Crippen molar-refractivity contribution in [3.05, 3.63) is 66.6 Å². The molecule has 0 aliphatic heterocycles. The number of anilines is 1. The molecule has 1 aromatic carbocycles. The first-order chi connectivity index (χ1) is 15.8. The maximum absolute atomic E-state index is 5.60. The lowest BCUT2D eigenvalue weighted by Crippen LogP contribution is -2.29. The highest BCUT2D eigenvalue weighted by atomic mass is 32.1. The van der Waals surface area contributed by atoms with Crippen LogP contribution in [0.25, 0.3) is 33.9 Å². The third-order valence-electron chi connectivity index (χ3n) is 5.55. The van der Waals surface area contributed by atoms with Crippen molar-refractivity contribution in [3.8, 4) is 22.9 Å². The van der Waals surface area contributed by atoms with E-state index in [9.17, 15) is 0 Å². The Kier molecular flexibility index (Phi) is 5.98. The predicted molar refractivity (Wildman–Crippen MR) is 130 cm³/mol. The minimum atomic E-state index is 0.604. The van der Waals surface area contributed by atoms with Gasteiger partial charge in [0.1, 0.15) is 11.4 Å². The third-order valence-corrected chi connectivity index (χ3v) is 5.79. The number of thiocarbonyl (C=S) groups is 1. The first-order valence-electron chi connectivity index (χ1n) is 10.9. The van der Waals surface area contributed by atoms with Crippen LogP contribution in [0.1, 0.15) is 32.1 Å². The number of aromatic nitrogens is 2. The lowest BCUT2D eigenvalue weighted by molar-refractivity contribution is 0.572. The number of hydrogen-bond acceptors (Lipinski definition) is 5. The van der Waals surface area contributed by atoms with Gasteiger partial charge in [-0.05, 0) is 86.8 Å². The van der Waals surface area contributed by atoms with Crippen LogP contribution in [0.3, 0.4) is 0 Å². The minimum absolute atomic E-state index is 0.604. The Morgan fingerprint density at radius 3 is 2.34 bits per heavy atom. The number of nitrogens with one attached hydrogen (secondary N) is 2. The first-order valence-corrected chi connectivity index (χ1v) is 11.3. The average Bonchev–Trinajstić information content (AvgIpc) is 3.53. The lowest BCUT2D eigenvalue weighted by Gasteiger charge is -2.15. The summed E-state index contributed by atoms with van der Waals surface area (Å²) in [5.41, 5.74) is 5.18. The van der Waals surface area contributed by atoms with Gasteiger partial charge in [-0.3, -0.25) is 0 Å². The zero-order chi connectivity index (χ0) is 21.8. The Hall–Kier alpha value is -3.45. The van der Waals surface area contributed by atoms with Gasteiger partial charge in [-0.2, -0.15) is 0 Å². The maximum Gasteiger partial charge on any atom is 0.170 e. The van der Waals surface area contributed by atoms with Crippen molar-refractivity contribution >= 4 is 34.1 Å². The molecule has 0 spiro atoms. The Morgan fingerprint density at radius 2 is 1.69 bits per heavy atom.